The first-order valence-electron chi connectivity index (χ1n) is 9.03. The molecule has 3 aromatic heterocycles. The Kier molecular flexibility index (Phi) is 3.80. The number of hydrogen-bond donors (Lipinski definition) is 2. The fourth-order valence-electron chi connectivity index (χ4n) is 3.41. The Balaban J connectivity index is 1.44. The van der Waals surface area contributed by atoms with Crippen LogP contribution in [0.4, 0.5) is 11.8 Å². The van der Waals surface area contributed by atoms with Crippen LogP contribution in [-0.2, 0) is 13.1 Å². The fraction of sp³-hybridized carbons (Fsp3) is 0.211. The molecule has 0 fully saturated rings. The minimum absolute atomic E-state index is 0.190. The molecule has 4 heterocycles. The summed E-state index contributed by atoms with van der Waals surface area (Å²) in [7, 11) is 1.64. The number of nitrogens with two attached hydrogens (primary N) is 1. The Morgan fingerprint density at radius 1 is 1.24 bits per heavy atom. The molecule has 144 valence electrons. The molecular weight excluding hydrogens is 370 g/mol. The Bertz CT molecular complexity index is 1270. The lowest BCUT2D eigenvalue weighted by Crippen LogP contribution is -2.35. The topological polar surface area (TPSA) is 135 Å². The third-order valence-corrected chi connectivity index (χ3v) is 4.94. The number of ether oxygens (including phenoxy) is 1. The van der Waals surface area contributed by atoms with Crippen molar-refractivity contribution in [3.8, 4) is 23.3 Å². The molecule has 1 aromatic carbocycles. The van der Waals surface area contributed by atoms with Gasteiger partial charge in [-0.1, -0.05) is 0 Å². The number of nitrogens with one attached hydrogen (secondary N) is 1. The third-order valence-electron chi connectivity index (χ3n) is 4.94. The number of aromatic amines is 1. The zero-order valence-corrected chi connectivity index (χ0v) is 15.6. The summed E-state index contributed by atoms with van der Waals surface area (Å²) in [6.45, 7) is 1.97. The molecule has 0 saturated heterocycles. The van der Waals surface area contributed by atoms with Crippen molar-refractivity contribution in [1.29, 1.82) is 5.26 Å². The maximum absolute atomic E-state index is 8.99. The predicted molar refractivity (Wildman–Crippen MR) is 106 cm³/mol. The van der Waals surface area contributed by atoms with E-state index in [0.717, 1.165) is 28.2 Å². The van der Waals surface area contributed by atoms with E-state index < -0.39 is 0 Å². The first-order valence-corrected chi connectivity index (χ1v) is 9.03. The van der Waals surface area contributed by atoms with E-state index in [-0.39, 0.29) is 11.4 Å². The molecule has 10 heteroatoms. The van der Waals surface area contributed by atoms with Gasteiger partial charge >= 0.3 is 0 Å². The number of methoxy groups -OCH3 is 1. The van der Waals surface area contributed by atoms with Crippen molar-refractivity contribution in [2.45, 2.75) is 13.1 Å². The van der Waals surface area contributed by atoms with Crippen molar-refractivity contribution in [1.82, 2.24) is 29.7 Å². The van der Waals surface area contributed by atoms with Crippen LogP contribution in [0.3, 0.4) is 0 Å². The first kappa shape index (κ1) is 17.0. The lowest BCUT2D eigenvalue weighted by molar-refractivity contribution is 0.415. The summed E-state index contributed by atoms with van der Waals surface area (Å²) in [6, 6.07) is 9.70. The molecule has 0 radical (unpaired) electrons. The molecule has 0 spiro atoms. The summed E-state index contributed by atoms with van der Waals surface area (Å²) >= 11 is 0. The Morgan fingerprint density at radius 2 is 2.14 bits per heavy atom. The Hall–Kier alpha value is -4.13. The number of aromatic nitrogens is 6. The lowest BCUT2D eigenvalue weighted by atomic mass is 10.3. The van der Waals surface area contributed by atoms with Crippen molar-refractivity contribution in [3.05, 3.63) is 41.7 Å². The smallest absolute Gasteiger partial charge is 0.227 e. The second-order valence-electron chi connectivity index (χ2n) is 6.71. The van der Waals surface area contributed by atoms with Gasteiger partial charge in [0.2, 0.25) is 5.95 Å². The van der Waals surface area contributed by atoms with Crippen LogP contribution in [0.25, 0.3) is 22.6 Å². The predicted octanol–water partition coefficient (Wildman–Crippen LogP) is 1.70. The number of nitrogens with zero attached hydrogens (tertiary/aromatic N) is 7. The van der Waals surface area contributed by atoms with Crippen molar-refractivity contribution in [3.63, 3.8) is 0 Å². The Labute approximate surface area is 165 Å². The number of hydrogen-bond acceptors (Lipinski definition) is 8. The van der Waals surface area contributed by atoms with E-state index in [2.05, 4.69) is 25.0 Å². The average molecular weight is 387 g/mol. The standard InChI is InChI=1S/C19H17N9O/c1-29-13-2-3-14-15(7-13)24-18(23-14)16-6-12-10-27(4-5-28(12)26-16)19-22-9-11(8-20)17(21)25-19/h2-3,6-7,9H,4-5,10H2,1H3,(H,23,24)(H2,21,22,25). The molecule has 1 aliphatic rings. The largest absolute Gasteiger partial charge is 0.497 e. The summed E-state index contributed by atoms with van der Waals surface area (Å²) in [5.41, 5.74) is 9.66. The Morgan fingerprint density at radius 3 is 2.93 bits per heavy atom. The third kappa shape index (κ3) is 2.89. The van der Waals surface area contributed by atoms with Gasteiger partial charge in [-0.3, -0.25) is 4.68 Å². The van der Waals surface area contributed by atoms with Crippen molar-refractivity contribution in [2.75, 3.05) is 24.3 Å². The molecule has 5 rings (SSSR count). The van der Waals surface area contributed by atoms with Crippen LogP contribution >= 0.6 is 0 Å². The molecule has 0 atom stereocenters. The molecule has 0 amide bonds. The zero-order valence-electron chi connectivity index (χ0n) is 15.6. The highest BCUT2D eigenvalue weighted by atomic mass is 16.5. The number of nitriles is 1. The summed E-state index contributed by atoms with van der Waals surface area (Å²) in [5, 5.41) is 13.7. The van der Waals surface area contributed by atoms with Crippen molar-refractivity contribution in [2.24, 2.45) is 0 Å². The number of fused-ring (bicyclic) bond motifs is 2. The van der Waals surface area contributed by atoms with E-state index in [9.17, 15) is 0 Å². The summed E-state index contributed by atoms with van der Waals surface area (Å²) < 4.78 is 7.23. The SMILES string of the molecule is COc1ccc2nc(-c3cc4n(n3)CCN(c3ncc(C#N)c(N)n3)C4)[nH]c2c1. The van der Waals surface area contributed by atoms with Crippen LogP contribution in [0.1, 0.15) is 11.3 Å². The number of nitrogen functional groups attached to an aromatic ring is 1. The van der Waals surface area contributed by atoms with Crippen LogP contribution in [0.15, 0.2) is 30.5 Å². The molecule has 1 aliphatic heterocycles. The van der Waals surface area contributed by atoms with Gasteiger partial charge in [0.25, 0.3) is 0 Å². The van der Waals surface area contributed by atoms with E-state index in [1.807, 2.05) is 39.9 Å². The molecule has 4 aromatic rings. The van der Waals surface area contributed by atoms with Gasteiger partial charge in [0, 0.05) is 12.6 Å². The van der Waals surface area contributed by atoms with Gasteiger partial charge in [0.15, 0.2) is 5.82 Å². The maximum atomic E-state index is 8.99. The number of benzene rings is 1. The van der Waals surface area contributed by atoms with E-state index >= 15 is 0 Å². The van der Waals surface area contributed by atoms with Gasteiger partial charge in [0.1, 0.15) is 28.9 Å². The van der Waals surface area contributed by atoms with E-state index in [1.165, 1.54) is 6.20 Å². The monoisotopic (exact) mass is 387 g/mol. The zero-order chi connectivity index (χ0) is 20.0. The molecule has 0 bridgehead atoms. The summed E-state index contributed by atoms with van der Waals surface area (Å²) in [5.74, 6) is 2.18. The quantitative estimate of drug-likeness (QED) is 0.542. The second-order valence-corrected chi connectivity index (χ2v) is 6.71. The summed E-state index contributed by atoms with van der Waals surface area (Å²) in [6.07, 6.45) is 1.46. The highest BCUT2D eigenvalue weighted by molar-refractivity contribution is 5.80. The van der Waals surface area contributed by atoms with Crippen molar-refractivity contribution < 1.29 is 4.74 Å². The molecule has 0 saturated carbocycles. The molecule has 29 heavy (non-hydrogen) atoms. The van der Waals surface area contributed by atoms with Crippen molar-refractivity contribution >= 4 is 22.8 Å². The van der Waals surface area contributed by atoms with Crippen LogP contribution < -0.4 is 15.4 Å². The molecular formula is C19H17N9O. The number of rotatable bonds is 3. The number of H-pyrrole nitrogens is 1. The van der Waals surface area contributed by atoms with Crippen LogP contribution in [0, 0.1) is 11.3 Å². The highest BCUT2D eigenvalue weighted by Crippen LogP contribution is 2.26. The highest BCUT2D eigenvalue weighted by Gasteiger charge is 2.22. The van der Waals surface area contributed by atoms with Crippen LogP contribution in [-0.4, -0.2) is 43.4 Å². The minimum atomic E-state index is 0.190. The first-order chi connectivity index (χ1) is 14.1. The lowest BCUT2D eigenvalue weighted by Gasteiger charge is -2.27. The van der Waals surface area contributed by atoms with Gasteiger partial charge in [-0.05, 0) is 18.2 Å². The molecule has 0 unspecified atom stereocenters. The van der Waals surface area contributed by atoms with Gasteiger partial charge < -0.3 is 20.4 Å². The molecule has 10 nitrogen and oxygen atoms in total. The second kappa shape index (κ2) is 6.49. The van der Waals surface area contributed by atoms with Gasteiger partial charge in [-0.25, -0.2) is 9.97 Å². The average Bonchev–Trinajstić information content (AvgIpc) is 3.36. The summed E-state index contributed by atoms with van der Waals surface area (Å²) in [4.78, 5) is 18.5. The number of anilines is 2. The van der Waals surface area contributed by atoms with Gasteiger partial charge in [-0.15, -0.1) is 0 Å². The van der Waals surface area contributed by atoms with E-state index in [1.54, 1.807) is 7.11 Å². The minimum Gasteiger partial charge on any atom is -0.497 e. The van der Waals surface area contributed by atoms with E-state index in [0.29, 0.717) is 31.4 Å². The van der Waals surface area contributed by atoms with E-state index in [4.69, 9.17) is 15.7 Å². The molecule has 3 N–H and O–H groups in total. The van der Waals surface area contributed by atoms with Gasteiger partial charge in [-0.2, -0.15) is 15.3 Å². The van der Waals surface area contributed by atoms with Gasteiger partial charge in [0.05, 0.1) is 43.1 Å². The normalized spacial score (nSPS) is 13.3. The van der Waals surface area contributed by atoms with Crippen LogP contribution in [0.5, 0.6) is 5.75 Å². The fourth-order valence-corrected chi connectivity index (χ4v) is 3.41. The van der Waals surface area contributed by atoms with Crippen LogP contribution in [0.2, 0.25) is 0 Å². The molecule has 0 aliphatic carbocycles. The maximum Gasteiger partial charge on any atom is 0.227 e. The number of imidazole rings is 1.